The molecule has 1 aliphatic heterocycles. The number of aliphatic hydroxyl groups excluding tert-OH is 1. The fraction of sp³-hybridized carbons (Fsp3) is 0.810. The molecule has 5 heteroatoms. The molecule has 150 valence electrons. The molecular formula is C21H37NO4. The topological polar surface area (TPSA) is 66.8 Å². The average molecular weight is 368 g/mol. The summed E-state index contributed by atoms with van der Waals surface area (Å²) in [6.07, 6.45) is 14.4. The largest absolute Gasteiger partial charge is 0.469 e. The van der Waals surface area contributed by atoms with Crippen LogP contribution in [0.15, 0.2) is 12.2 Å². The summed E-state index contributed by atoms with van der Waals surface area (Å²) in [7, 11) is 1.42. The number of aliphatic hydroxyl groups is 1. The molecule has 1 unspecified atom stereocenters. The van der Waals surface area contributed by atoms with Gasteiger partial charge in [-0.15, -0.1) is 0 Å². The molecule has 5 nitrogen and oxygen atoms in total. The van der Waals surface area contributed by atoms with Crippen molar-refractivity contribution in [2.75, 3.05) is 13.7 Å². The number of methoxy groups -OCH3 is 1. The molecule has 0 radical (unpaired) electrons. The molecule has 0 aliphatic carbocycles. The SMILES string of the molecule is CCCCC[C@@H](O)/C=C/C1CCCC(=O)N1CCCCCCC(=O)OC. The van der Waals surface area contributed by atoms with Crippen LogP contribution in [-0.4, -0.2) is 47.7 Å². The molecule has 1 N–H and O–H groups in total. The number of carbonyl (C=O) groups is 2. The summed E-state index contributed by atoms with van der Waals surface area (Å²) in [6, 6.07) is 0.118. The van der Waals surface area contributed by atoms with Crippen LogP contribution >= 0.6 is 0 Å². The van der Waals surface area contributed by atoms with Gasteiger partial charge in [-0.3, -0.25) is 9.59 Å². The first-order valence-corrected chi connectivity index (χ1v) is 10.3. The highest BCUT2D eigenvalue weighted by Crippen LogP contribution is 2.21. The first-order valence-electron chi connectivity index (χ1n) is 10.3. The highest BCUT2D eigenvalue weighted by atomic mass is 16.5. The second-order valence-corrected chi connectivity index (χ2v) is 7.24. The van der Waals surface area contributed by atoms with Crippen molar-refractivity contribution in [2.24, 2.45) is 0 Å². The standard InChI is InChI=1S/C21H37NO4/c1-3-4-7-12-19(23)16-15-18-11-10-13-20(24)22(18)17-9-6-5-8-14-21(25)26-2/h15-16,18-19,23H,3-14,17H2,1-2H3/b16-15+/t18?,19-/m1/s1. The van der Waals surface area contributed by atoms with E-state index in [2.05, 4.69) is 11.7 Å². The van der Waals surface area contributed by atoms with E-state index in [0.29, 0.717) is 12.8 Å². The van der Waals surface area contributed by atoms with Gasteiger partial charge in [-0.05, 0) is 32.1 Å². The Labute approximate surface area is 158 Å². The third-order valence-corrected chi connectivity index (χ3v) is 5.03. The fourth-order valence-corrected chi connectivity index (χ4v) is 3.40. The van der Waals surface area contributed by atoms with E-state index in [1.807, 2.05) is 17.1 Å². The number of amides is 1. The highest BCUT2D eigenvalue weighted by Gasteiger charge is 2.25. The zero-order valence-electron chi connectivity index (χ0n) is 16.6. The van der Waals surface area contributed by atoms with Crippen molar-refractivity contribution in [1.29, 1.82) is 0 Å². The van der Waals surface area contributed by atoms with E-state index in [4.69, 9.17) is 0 Å². The van der Waals surface area contributed by atoms with Gasteiger partial charge in [0.15, 0.2) is 0 Å². The molecule has 1 rings (SSSR count). The Balaban J connectivity index is 2.34. The number of likely N-dealkylation sites (tertiary alicyclic amines) is 1. The summed E-state index contributed by atoms with van der Waals surface area (Å²) in [5.74, 6) is 0.0693. The number of hydrogen-bond acceptors (Lipinski definition) is 4. The van der Waals surface area contributed by atoms with Gasteiger partial charge >= 0.3 is 5.97 Å². The number of hydrogen-bond donors (Lipinski definition) is 1. The van der Waals surface area contributed by atoms with Gasteiger partial charge in [0.1, 0.15) is 0 Å². The van der Waals surface area contributed by atoms with Crippen molar-refractivity contribution < 1.29 is 19.4 Å². The molecule has 0 saturated carbocycles. The minimum atomic E-state index is -0.404. The summed E-state index contributed by atoms with van der Waals surface area (Å²) >= 11 is 0. The molecule has 1 saturated heterocycles. The molecule has 1 fully saturated rings. The second-order valence-electron chi connectivity index (χ2n) is 7.24. The first-order chi connectivity index (χ1) is 12.6. The monoisotopic (exact) mass is 367 g/mol. The van der Waals surface area contributed by atoms with Gasteiger partial charge in [0.2, 0.25) is 5.91 Å². The molecule has 1 amide bonds. The Morgan fingerprint density at radius 2 is 2.04 bits per heavy atom. The van der Waals surface area contributed by atoms with Gasteiger partial charge in [0.05, 0.1) is 19.3 Å². The van der Waals surface area contributed by atoms with E-state index in [-0.39, 0.29) is 17.9 Å². The predicted octanol–water partition coefficient (Wildman–Crippen LogP) is 3.99. The smallest absolute Gasteiger partial charge is 0.305 e. The molecule has 0 aromatic carbocycles. The average Bonchev–Trinajstić information content (AvgIpc) is 2.64. The molecule has 26 heavy (non-hydrogen) atoms. The van der Waals surface area contributed by atoms with Crippen LogP contribution < -0.4 is 0 Å². The van der Waals surface area contributed by atoms with Crippen LogP contribution in [-0.2, 0) is 14.3 Å². The predicted molar refractivity (Wildman–Crippen MR) is 104 cm³/mol. The summed E-state index contributed by atoms with van der Waals surface area (Å²) < 4.78 is 4.64. The van der Waals surface area contributed by atoms with Crippen LogP contribution in [0.2, 0.25) is 0 Å². The van der Waals surface area contributed by atoms with Gasteiger partial charge in [-0.1, -0.05) is 51.2 Å². The van der Waals surface area contributed by atoms with Crippen molar-refractivity contribution in [1.82, 2.24) is 4.90 Å². The Morgan fingerprint density at radius 3 is 2.77 bits per heavy atom. The number of esters is 1. The van der Waals surface area contributed by atoms with Crippen LogP contribution in [0.3, 0.4) is 0 Å². The summed E-state index contributed by atoms with van der Waals surface area (Å²) in [5, 5.41) is 10.1. The first kappa shape index (κ1) is 22.7. The number of nitrogens with zero attached hydrogens (tertiary/aromatic N) is 1. The number of ether oxygens (including phenoxy) is 1. The van der Waals surface area contributed by atoms with Crippen LogP contribution in [0.1, 0.15) is 84.0 Å². The number of rotatable bonds is 13. The zero-order valence-corrected chi connectivity index (χ0v) is 16.6. The third kappa shape index (κ3) is 9.37. The Kier molecular flexibility index (Phi) is 12.0. The molecule has 0 aromatic heterocycles. The van der Waals surface area contributed by atoms with Crippen molar-refractivity contribution >= 4 is 11.9 Å². The lowest BCUT2D eigenvalue weighted by molar-refractivity contribution is -0.140. The summed E-state index contributed by atoms with van der Waals surface area (Å²) in [4.78, 5) is 25.3. The van der Waals surface area contributed by atoms with Crippen LogP contribution in [0.4, 0.5) is 0 Å². The van der Waals surface area contributed by atoms with Crippen molar-refractivity contribution in [2.45, 2.75) is 96.1 Å². The van der Waals surface area contributed by atoms with Crippen molar-refractivity contribution in [3.8, 4) is 0 Å². The highest BCUT2D eigenvalue weighted by molar-refractivity contribution is 5.77. The van der Waals surface area contributed by atoms with E-state index in [9.17, 15) is 14.7 Å². The lowest BCUT2D eigenvalue weighted by Gasteiger charge is -2.34. The number of carbonyl (C=O) groups excluding carboxylic acids is 2. The van der Waals surface area contributed by atoms with Crippen LogP contribution in [0.25, 0.3) is 0 Å². The molecule has 1 aliphatic rings. The van der Waals surface area contributed by atoms with Gasteiger partial charge in [-0.25, -0.2) is 0 Å². The zero-order chi connectivity index (χ0) is 19.2. The maximum atomic E-state index is 12.3. The summed E-state index contributed by atoms with van der Waals surface area (Å²) in [6.45, 7) is 2.92. The molecule has 0 aromatic rings. The van der Waals surface area contributed by atoms with Gasteiger partial charge in [0, 0.05) is 19.4 Å². The Hall–Kier alpha value is -1.36. The number of piperidine rings is 1. The normalized spacial score (nSPS) is 19.1. The molecule has 2 atom stereocenters. The van der Waals surface area contributed by atoms with Gasteiger partial charge in [-0.2, -0.15) is 0 Å². The van der Waals surface area contributed by atoms with E-state index in [1.54, 1.807) is 0 Å². The third-order valence-electron chi connectivity index (χ3n) is 5.03. The van der Waals surface area contributed by atoms with E-state index in [0.717, 1.165) is 70.8 Å². The second kappa shape index (κ2) is 13.8. The molecular weight excluding hydrogens is 330 g/mol. The fourth-order valence-electron chi connectivity index (χ4n) is 3.40. The van der Waals surface area contributed by atoms with E-state index < -0.39 is 6.10 Å². The van der Waals surface area contributed by atoms with Crippen LogP contribution in [0.5, 0.6) is 0 Å². The molecule has 0 bridgehead atoms. The molecule has 0 spiro atoms. The van der Waals surface area contributed by atoms with Gasteiger partial charge in [0.25, 0.3) is 0 Å². The Morgan fingerprint density at radius 1 is 1.27 bits per heavy atom. The Bertz CT molecular complexity index is 436. The van der Waals surface area contributed by atoms with Crippen LogP contribution in [0, 0.1) is 0 Å². The van der Waals surface area contributed by atoms with Crippen molar-refractivity contribution in [3.63, 3.8) is 0 Å². The van der Waals surface area contributed by atoms with Crippen molar-refractivity contribution in [3.05, 3.63) is 12.2 Å². The van der Waals surface area contributed by atoms with E-state index in [1.165, 1.54) is 7.11 Å². The minimum Gasteiger partial charge on any atom is -0.469 e. The molecule has 1 heterocycles. The minimum absolute atomic E-state index is 0.118. The lowest BCUT2D eigenvalue weighted by atomic mass is 9.99. The van der Waals surface area contributed by atoms with E-state index >= 15 is 0 Å². The maximum Gasteiger partial charge on any atom is 0.305 e. The number of unbranched alkanes of at least 4 members (excludes halogenated alkanes) is 5. The lowest BCUT2D eigenvalue weighted by Crippen LogP contribution is -2.43. The summed E-state index contributed by atoms with van der Waals surface area (Å²) in [5.41, 5.74) is 0. The maximum absolute atomic E-state index is 12.3. The quantitative estimate of drug-likeness (QED) is 0.304. The van der Waals surface area contributed by atoms with Gasteiger partial charge < -0.3 is 14.7 Å².